The Bertz CT molecular complexity index is 567. The quantitative estimate of drug-likeness (QED) is 0.618. The zero-order valence-corrected chi connectivity index (χ0v) is 13.8. The fourth-order valence-corrected chi connectivity index (χ4v) is 3.73. The van der Waals surface area contributed by atoms with Crippen LogP contribution in [-0.2, 0) is 9.47 Å². The highest BCUT2D eigenvalue weighted by atomic mass is 16.5. The summed E-state index contributed by atoms with van der Waals surface area (Å²) in [4.78, 5) is 14.5. The second-order valence-electron chi connectivity index (χ2n) is 6.47. The molecule has 3 rings (SSSR count). The number of hydrogen-bond donors (Lipinski definition) is 0. The van der Waals surface area contributed by atoms with E-state index in [-0.39, 0.29) is 11.5 Å². The normalized spacial score (nSPS) is 27.5. The highest BCUT2D eigenvalue weighted by Gasteiger charge is 2.48. The van der Waals surface area contributed by atoms with Gasteiger partial charge in [0.25, 0.3) is 5.91 Å². The van der Waals surface area contributed by atoms with E-state index in [9.17, 15) is 4.79 Å². The number of ether oxygens (including phenoxy) is 2. The monoisotopic (exact) mass is 319 g/mol. The molecule has 1 saturated carbocycles. The molecule has 0 radical (unpaired) electrons. The van der Waals surface area contributed by atoms with Crippen molar-refractivity contribution >= 4 is 5.91 Å². The van der Waals surface area contributed by atoms with Gasteiger partial charge in [-0.15, -0.1) is 6.58 Å². The second-order valence-corrected chi connectivity index (χ2v) is 6.47. The molecule has 126 valence electrons. The van der Waals surface area contributed by atoms with Crippen molar-refractivity contribution in [3.63, 3.8) is 0 Å². The number of furan rings is 1. The summed E-state index contributed by atoms with van der Waals surface area (Å²) < 4.78 is 17.3. The molecule has 0 unspecified atom stereocenters. The van der Waals surface area contributed by atoms with E-state index in [0.29, 0.717) is 44.6 Å². The Morgan fingerprint density at radius 3 is 3.17 bits per heavy atom. The summed E-state index contributed by atoms with van der Waals surface area (Å²) in [5.41, 5.74) is -0.267. The molecule has 1 aliphatic heterocycles. The number of nitrogens with zero attached hydrogens (tertiary/aromatic N) is 1. The highest BCUT2D eigenvalue weighted by molar-refractivity contribution is 5.91. The zero-order chi connectivity index (χ0) is 16.3. The minimum absolute atomic E-state index is 0.0431. The molecule has 23 heavy (non-hydrogen) atoms. The molecule has 2 aliphatic rings. The smallest absolute Gasteiger partial charge is 0.289 e. The molecule has 1 amide bonds. The van der Waals surface area contributed by atoms with Crippen LogP contribution in [0.1, 0.15) is 35.6 Å². The lowest BCUT2D eigenvalue weighted by Crippen LogP contribution is -2.56. The van der Waals surface area contributed by atoms with Gasteiger partial charge in [-0.3, -0.25) is 4.79 Å². The fourth-order valence-electron chi connectivity index (χ4n) is 3.73. The van der Waals surface area contributed by atoms with E-state index in [1.165, 1.54) is 0 Å². The van der Waals surface area contributed by atoms with Crippen molar-refractivity contribution in [1.29, 1.82) is 0 Å². The van der Waals surface area contributed by atoms with Gasteiger partial charge in [0.2, 0.25) is 0 Å². The number of hydrogen-bond acceptors (Lipinski definition) is 4. The molecule has 0 N–H and O–H groups in total. The molecule has 0 bridgehead atoms. The second kappa shape index (κ2) is 6.89. The molecule has 1 spiro atoms. The predicted molar refractivity (Wildman–Crippen MR) is 86.4 cm³/mol. The average Bonchev–Trinajstić information content (AvgIpc) is 3.14. The number of amides is 1. The maximum absolute atomic E-state index is 12.7. The number of morpholine rings is 1. The van der Waals surface area contributed by atoms with Crippen molar-refractivity contribution in [3.8, 4) is 0 Å². The van der Waals surface area contributed by atoms with Crippen LogP contribution >= 0.6 is 0 Å². The van der Waals surface area contributed by atoms with Crippen molar-refractivity contribution in [2.45, 2.75) is 31.8 Å². The Hall–Kier alpha value is -1.59. The molecule has 1 aromatic heterocycles. The van der Waals surface area contributed by atoms with Crippen LogP contribution in [0.2, 0.25) is 0 Å². The third-order valence-electron chi connectivity index (χ3n) is 4.90. The Morgan fingerprint density at radius 1 is 1.57 bits per heavy atom. The van der Waals surface area contributed by atoms with Crippen LogP contribution in [0.5, 0.6) is 0 Å². The lowest BCUT2D eigenvalue weighted by Gasteiger charge is -2.43. The van der Waals surface area contributed by atoms with E-state index in [1.54, 1.807) is 12.1 Å². The van der Waals surface area contributed by atoms with Crippen molar-refractivity contribution in [2.24, 2.45) is 5.92 Å². The fraction of sp³-hybridized carbons (Fsp3) is 0.611. The van der Waals surface area contributed by atoms with Crippen molar-refractivity contribution in [2.75, 3.05) is 32.9 Å². The third-order valence-corrected chi connectivity index (χ3v) is 4.90. The van der Waals surface area contributed by atoms with Crippen LogP contribution in [0.15, 0.2) is 29.2 Å². The van der Waals surface area contributed by atoms with E-state index in [2.05, 4.69) is 6.58 Å². The van der Waals surface area contributed by atoms with Gasteiger partial charge in [-0.05, 0) is 31.9 Å². The molecular weight excluding hydrogens is 294 g/mol. The topological polar surface area (TPSA) is 51.9 Å². The van der Waals surface area contributed by atoms with Crippen LogP contribution in [0.25, 0.3) is 0 Å². The van der Waals surface area contributed by atoms with Crippen LogP contribution in [0.4, 0.5) is 0 Å². The van der Waals surface area contributed by atoms with Gasteiger partial charge in [0.05, 0.1) is 32.0 Å². The molecule has 5 heteroatoms. The lowest BCUT2D eigenvalue weighted by molar-refractivity contribution is -0.132. The van der Waals surface area contributed by atoms with Gasteiger partial charge in [0.15, 0.2) is 5.76 Å². The number of rotatable bonds is 5. The summed E-state index contributed by atoms with van der Waals surface area (Å²) in [6.45, 7) is 8.55. The molecule has 0 aromatic carbocycles. The summed E-state index contributed by atoms with van der Waals surface area (Å²) in [6, 6.07) is 3.57. The third kappa shape index (κ3) is 3.35. The molecule has 2 fully saturated rings. The molecule has 1 saturated heterocycles. The SMILES string of the molecule is C=CCOC[C@@H]1CCC[C@@]12CN(C(=O)c1ccc(C)o1)CCO2. The average molecular weight is 319 g/mol. The maximum Gasteiger partial charge on any atom is 0.289 e. The van der Waals surface area contributed by atoms with E-state index in [4.69, 9.17) is 13.9 Å². The van der Waals surface area contributed by atoms with E-state index in [1.807, 2.05) is 17.9 Å². The Balaban J connectivity index is 1.69. The summed E-state index contributed by atoms with van der Waals surface area (Å²) in [7, 11) is 0. The van der Waals surface area contributed by atoms with Crippen LogP contribution in [0, 0.1) is 12.8 Å². The predicted octanol–water partition coefficient (Wildman–Crippen LogP) is 2.80. The molecular formula is C18H25NO4. The van der Waals surface area contributed by atoms with Crippen molar-refractivity contribution < 1.29 is 18.7 Å². The van der Waals surface area contributed by atoms with Crippen LogP contribution in [-0.4, -0.2) is 49.3 Å². The van der Waals surface area contributed by atoms with Gasteiger partial charge < -0.3 is 18.8 Å². The molecule has 2 atom stereocenters. The minimum Gasteiger partial charge on any atom is -0.456 e. The van der Waals surface area contributed by atoms with E-state index >= 15 is 0 Å². The summed E-state index contributed by atoms with van der Waals surface area (Å²) in [6.07, 6.45) is 4.94. The van der Waals surface area contributed by atoms with Gasteiger partial charge in [-0.1, -0.05) is 12.5 Å². The Morgan fingerprint density at radius 2 is 2.43 bits per heavy atom. The number of carbonyl (C=O) groups excluding carboxylic acids is 1. The minimum atomic E-state index is -0.267. The summed E-state index contributed by atoms with van der Waals surface area (Å²) in [5.74, 6) is 1.46. The van der Waals surface area contributed by atoms with Gasteiger partial charge in [-0.2, -0.15) is 0 Å². The van der Waals surface area contributed by atoms with Gasteiger partial charge in [0, 0.05) is 12.5 Å². The maximum atomic E-state index is 12.7. The van der Waals surface area contributed by atoms with Gasteiger partial charge in [-0.25, -0.2) is 0 Å². The van der Waals surface area contributed by atoms with E-state index in [0.717, 1.165) is 25.0 Å². The van der Waals surface area contributed by atoms with Gasteiger partial charge >= 0.3 is 0 Å². The summed E-state index contributed by atoms with van der Waals surface area (Å²) >= 11 is 0. The highest BCUT2D eigenvalue weighted by Crippen LogP contribution is 2.41. The molecule has 1 aromatic rings. The Kier molecular flexibility index (Phi) is 4.87. The first-order valence-corrected chi connectivity index (χ1v) is 8.33. The largest absolute Gasteiger partial charge is 0.456 e. The molecule has 5 nitrogen and oxygen atoms in total. The first-order valence-electron chi connectivity index (χ1n) is 8.33. The van der Waals surface area contributed by atoms with Gasteiger partial charge in [0.1, 0.15) is 5.76 Å². The Labute approximate surface area is 137 Å². The molecule has 2 heterocycles. The first-order chi connectivity index (χ1) is 11.1. The van der Waals surface area contributed by atoms with Crippen molar-refractivity contribution in [1.82, 2.24) is 4.90 Å². The molecule has 1 aliphatic carbocycles. The van der Waals surface area contributed by atoms with Crippen LogP contribution < -0.4 is 0 Å². The zero-order valence-electron chi connectivity index (χ0n) is 13.8. The van der Waals surface area contributed by atoms with Crippen molar-refractivity contribution in [3.05, 3.63) is 36.3 Å². The first kappa shape index (κ1) is 16.3. The number of aryl methyl sites for hydroxylation is 1. The lowest BCUT2D eigenvalue weighted by atomic mass is 9.89. The number of carbonyl (C=O) groups is 1. The van der Waals surface area contributed by atoms with E-state index < -0.39 is 0 Å². The standard InChI is InChI=1S/C18H25NO4/c1-3-10-21-12-15-5-4-8-18(15)13-19(9-11-22-18)17(20)16-7-6-14(2)23-16/h3,6-7,15H,1,4-5,8-13H2,2H3/t15-,18+/m0/s1. The summed E-state index contributed by atoms with van der Waals surface area (Å²) in [5, 5.41) is 0. The van der Waals surface area contributed by atoms with Crippen LogP contribution in [0.3, 0.4) is 0 Å².